The molecule has 2 N–H and O–H groups in total. The highest BCUT2D eigenvalue weighted by Crippen LogP contribution is 2.27. The van der Waals surface area contributed by atoms with Gasteiger partial charge >= 0.3 is 0 Å². The molecule has 20 heavy (non-hydrogen) atoms. The summed E-state index contributed by atoms with van der Waals surface area (Å²) in [6, 6.07) is -0.00580. The first kappa shape index (κ1) is 13.8. The molecule has 110 valence electrons. The molecule has 1 saturated heterocycles. The molecule has 2 aromatic heterocycles. The van der Waals surface area contributed by atoms with Gasteiger partial charge in [0.05, 0.1) is 31.6 Å². The summed E-state index contributed by atoms with van der Waals surface area (Å²) in [7, 11) is 0. The Morgan fingerprint density at radius 1 is 1.60 bits per heavy atom. The number of aliphatic hydroxyl groups excluding tert-OH is 1. The van der Waals surface area contributed by atoms with Crippen molar-refractivity contribution in [3.63, 3.8) is 0 Å². The normalized spacial score (nSPS) is 19.9. The van der Waals surface area contributed by atoms with Crippen LogP contribution >= 0.6 is 11.3 Å². The van der Waals surface area contributed by atoms with Gasteiger partial charge in [-0.15, -0.1) is 11.3 Å². The summed E-state index contributed by atoms with van der Waals surface area (Å²) in [6.45, 7) is 5.89. The molecule has 7 heteroatoms. The van der Waals surface area contributed by atoms with Gasteiger partial charge in [-0.3, -0.25) is 4.40 Å². The van der Waals surface area contributed by atoms with E-state index in [1.54, 1.807) is 11.3 Å². The van der Waals surface area contributed by atoms with Crippen LogP contribution in [-0.4, -0.2) is 53.4 Å². The largest absolute Gasteiger partial charge is 0.394 e. The van der Waals surface area contributed by atoms with Gasteiger partial charge in [0.2, 0.25) is 0 Å². The maximum atomic E-state index is 9.55. The molecule has 2 aromatic rings. The minimum absolute atomic E-state index is 0.00580. The smallest absolute Gasteiger partial charge is 0.195 e. The number of nitrogens with zero attached hydrogens (tertiary/aromatic N) is 3. The molecule has 0 spiro atoms. The minimum atomic E-state index is -0.00580. The quantitative estimate of drug-likeness (QED) is 0.850. The second kappa shape index (κ2) is 6.09. The van der Waals surface area contributed by atoms with Gasteiger partial charge in [-0.2, -0.15) is 0 Å². The molecule has 0 saturated carbocycles. The SMILES string of the molecule is CCNCc1c(N2CCOCC2CO)nc2sccn12. The van der Waals surface area contributed by atoms with Crippen LogP contribution in [0.1, 0.15) is 12.6 Å². The van der Waals surface area contributed by atoms with Crippen LogP contribution in [0.2, 0.25) is 0 Å². The van der Waals surface area contributed by atoms with Crippen molar-refractivity contribution >= 4 is 22.1 Å². The molecule has 1 fully saturated rings. The van der Waals surface area contributed by atoms with Crippen LogP contribution in [0.25, 0.3) is 4.96 Å². The second-order valence-corrected chi connectivity index (χ2v) is 5.70. The highest BCUT2D eigenvalue weighted by molar-refractivity contribution is 7.15. The van der Waals surface area contributed by atoms with Gasteiger partial charge in [0.1, 0.15) is 0 Å². The maximum Gasteiger partial charge on any atom is 0.195 e. The highest BCUT2D eigenvalue weighted by Gasteiger charge is 2.27. The summed E-state index contributed by atoms with van der Waals surface area (Å²) in [5.41, 5.74) is 1.16. The zero-order chi connectivity index (χ0) is 13.9. The Balaban J connectivity index is 1.97. The average molecular weight is 296 g/mol. The third-order valence-electron chi connectivity index (χ3n) is 3.59. The zero-order valence-corrected chi connectivity index (χ0v) is 12.4. The Morgan fingerprint density at radius 3 is 3.30 bits per heavy atom. The molecule has 3 heterocycles. The fraction of sp³-hybridized carbons (Fsp3) is 0.615. The summed E-state index contributed by atoms with van der Waals surface area (Å²) in [4.78, 5) is 7.92. The first-order valence-electron chi connectivity index (χ1n) is 6.95. The van der Waals surface area contributed by atoms with Gasteiger partial charge in [-0.05, 0) is 6.54 Å². The number of anilines is 1. The predicted octanol–water partition coefficient (Wildman–Crippen LogP) is 0.703. The van der Waals surface area contributed by atoms with Gasteiger partial charge < -0.3 is 20.1 Å². The molecule has 0 radical (unpaired) electrons. The van der Waals surface area contributed by atoms with Crippen molar-refractivity contribution in [3.05, 3.63) is 17.3 Å². The zero-order valence-electron chi connectivity index (χ0n) is 11.6. The Bertz CT molecular complexity index is 568. The number of imidazole rings is 1. The van der Waals surface area contributed by atoms with Gasteiger partial charge in [-0.1, -0.05) is 6.92 Å². The monoisotopic (exact) mass is 296 g/mol. The standard InChI is InChI=1S/C13H20N4O2S/c1-2-14-7-11-12(15-13-17(11)4-6-20-13)16-3-5-19-9-10(16)8-18/h4,6,10,14,18H,2-3,5,7-9H2,1H3. The molecule has 1 unspecified atom stereocenters. The first-order chi connectivity index (χ1) is 9.85. The van der Waals surface area contributed by atoms with Crippen LogP contribution in [0.4, 0.5) is 5.82 Å². The molecule has 0 aromatic carbocycles. The topological polar surface area (TPSA) is 62.0 Å². The fourth-order valence-corrected chi connectivity index (χ4v) is 3.27. The molecule has 1 aliphatic heterocycles. The van der Waals surface area contributed by atoms with E-state index in [4.69, 9.17) is 9.72 Å². The van der Waals surface area contributed by atoms with Crippen LogP contribution < -0.4 is 10.2 Å². The summed E-state index contributed by atoms with van der Waals surface area (Å²) >= 11 is 1.63. The lowest BCUT2D eigenvalue weighted by atomic mass is 10.2. The molecule has 3 rings (SSSR count). The summed E-state index contributed by atoms with van der Waals surface area (Å²) < 4.78 is 7.58. The number of hydrogen-bond donors (Lipinski definition) is 2. The number of nitrogens with one attached hydrogen (secondary N) is 1. The van der Waals surface area contributed by atoms with E-state index < -0.39 is 0 Å². The lowest BCUT2D eigenvalue weighted by molar-refractivity contribution is 0.0722. The van der Waals surface area contributed by atoms with Gasteiger partial charge in [0, 0.05) is 24.7 Å². The van der Waals surface area contributed by atoms with Crippen LogP contribution in [0.3, 0.4) is 0 Å². The van der Waals surface area contributed by atoms with Crippen molar-refractivity contribution in [2.45, 2.75) is 19.5 Å². The predicted molar refractivity (Wildman–Crippen MR) is 79.5 cm³/mol. The van der Waals surface area contributed by atoms with E-state index in [0.717, 1.165) is 36.1 Å². The average Bonchev–Trinajstić information content (AvgIpc) is 3.06. The number of fused-ring (bicyclic) bond motifs is 1. The number of hydrogen-bond acceptors (Lipinski definition) is 6. The van der Waals surface area contributed by atoms with E-state index in [2.05, 4.69) is 27.7 Å². The van der Waals surface area contributed by atoms with E-state index >= 15 is 0 Å². The van der Waals surface area contributed by atoms with E-state index in [1.807, 2.05) is 5.38 Å². The highest BCUT2D eigenvalue weighted by atomic mass is 32.1. The Morgan fingerprint density at radius 2 is 2.50 bits per heavy atom. The first-order valence-corrected chi connectivity index (χ1v) is 7.83. The number of ether oxygens (including phenoxy) is 1. The van der Waals surface area contributed by atoms with Crippen LogP contribution in [0.5, 0.6) is 0 Å². The van der Waals surface area contributed by atoms with E-state index in [1.165, 1.54) is 0 Å². The molecular formula is C13H20N4O2S. The second-order valence-electron chi connectivity index (χ2n) is 4.82. The molecule has 1 aliphatic rings. The van der Waals surface area contributed by atoms with Crippen molar-refractivity contribution in [1.29, 1.82) is 0 Å². The Hall–Kier alpha value is -1.15. The van der Waals surface area contributed by atoms with Crippen molar-refractivity contribution in [2.24, 2.45) is 0 Å². The molecule has 0 aliphatic carbocycles. The van der Waals surface area contributed by atoms with Crippen molar-refractivity contribution in [3.8, 4) is 0 Å². The number of morpholine rings is 1. The molecule has 6 nitrogen and oxygen atoms in total. The summed E-state index contributed by atoms with van der Waals surface area (Å²) in [5, 5.41) is 15.0. The van der Waals surface area contributed by atoms with E-state index in [9.17, 15) is 5.11 Å². The van der Waals surface area contributed by atoms with Gasteiger partial charge in [0.25, 0.3) is 0 Å². The lowest BCUT2D eigenvalue weighted by Crippen LogP contribution is -2.48. The number of aromatic nitrogens is 2. The number of aliphatic hydroxyl groups is 1. The number of rotatable bonds is 5. The van der Waals surface area contributed by atoms with Crippen molar-refractivity contribution < 1.29 is 9.84 Å². The van der Waals surface area contributed by atoms with Crippen LogP contribution in [-0.2, 0) is 11.3 Å². The van der Waals surface area contributed by atoms with Crippen molar-refractivity contribution in [2.75, 3.05) is 37.8 Å². The van der Waals surface area contributed by atoms with E-state index in [-0.39, 0.29) is 12.6 Å². The van der Waals surface area contributed by atoms with Crippen molar-refractivity contribution in [1.82, 2.24) is 14.7 Å². The third-order valence-corrected chi connectivity index (χ3v) is 4.35. The summed E-state index contributed by atoms with van der Waals surface area (Å²) in [6.07, 6.45) is 2.05. The number of thiazole rings is 1. The Kier molecular flexibility index (Phi) is 4.21. The molecule has 1 atom stereocenters. The fourth-order valence-electron chi connectivity index (χ4n) is 2.54. The molecular weight excluding hydrogens is 276 g/mol. The lowest BCUT2D eigenvalue weighted by Gasteiger charge is -2.35. The minimum Gasteiger partial charge on any atom is -0.394 e. The molecule has 0 bridgehead atoms. The summed E-state index contributed by atoms with van der Waals surface area (Å²) in [5.74, 6) is 0.972. The van der Waals surface area contributed by atoms with Crippen LogP contribution in [0.15, 0.2) is 11.6 Å². The maximum absolute atomic E-state index is 9.55. The van der Waals surface area contributed by atoms with Crippen LogP contribution in [0, 0.1) is 0 Å². The van der Waals surface area contributed by atoms with Gasteiger partial charge in [0.15, 0.2) is 10.8 Å². The third kappa shape index (κ3) is 2.42. The van der Waals surface area contributed by atoms with Gasteiger partial charge in [-0.25, -0.2) is 4.98 Å². The van der Waals surface area contributed by atoms with E-state index in [0.29, 0.717) is 13.2 Å². The Labute approximate surface area is 122 Å². The molecule has 0 amide bonds.